The molecule has 0 aliphatic carbocycles. The molecule has 5 heteroatoms. The van der Waals surface area contributed by atoms with E-state index < -0.39 is 0 Å². The second kappa shape index (κ2) is 8.67. The number of rotatable bonds is 5. The summed E-state index contributed by atoms with van der Waals surface area (Å²) in [5, 5.41) is 4.95. The first-order valence-corrected chi connectivity index (χ1v) is 10.5. The minimum atomic E-state index is -0.339. The molecular formula is C23H23FN2OS. The summed E-state index contributed by atoms with van der Waals surface area (Å²) in [4.78, 5) is 16.2. The number of halogens is 1. The number of carbonyl (C=O) groups is 1. The van der Waals surface area contributed by atoms with Crippen molar-refractivity contribution in [1.82, 2.24) is 4.90 Å². The highest BCUT2D eigenvalue weighted by atomic mass is 32.1. The maximum atomic E-state index is 13.3. The number of thiophene rings is 1. The van der Waals surface area contributed by atoms with Crippen LogP contribution in [0.5, 0.6) is 0 Å². The van der Waals surface area contributed by atoms with Crippen LogP contribution >= 0.6 is 11.3 Å². The van der Waals surface area contributed by atoms with E-state index in [-0.39, 0.29) is 17.6 Å². The number of amides is 1. The average Bonchev–Trinajstić information content (AvgIpc) is 3.23. The molecule has 3 aromatic rings. The summed E-state index contributed by atoms with van der Waals surface area (Å²) in [6.07, 6.45) is 1.86. The highest BCUT2D eigenvalue weighted by molar-refractivity contribution is 7.13. The van der Waals surface area contributed by atoms with Gasteiger partial charge in [0.15, 0.2) is 0 Å². The van der Waals surface area contributed by atoms with Crippen molar-refractivity contribution in [3.05, 3.63) is 77.4 Å². The Bertz CT molecular complexity index is 941. The Balaban J connectivity index is 1.39. The molecule has 0 bridgehead atoms. The van der Waals surface area contributed by atoms with Crippen LogP contribution in [0, 0.1) is 11.7 Å². The fourth-order valence-electron chi connectivity index (χ4n) is 3.75. The number of hydrogen-bond acceptors (Lipinski definition) is 3. The lowest BCUT2D eigenvalue weighted by Crippen LogP contribution is -2.40. The third kappa shape index (κ3) is 4.66. The Labute approximate surface area is 168 Å². The number of anilines is 1. The molecule has 1 unspecified atom stereocenters. The van der Waals surface area contributed by atoms with E-state index >= 15 is 0 Å². The van der Waals surface area contributed by atoms with Crippen molar-refractivity contribution >= 4 is 22.9 Å². The fourth-order valence-corrected chi connectivity index (χ4v) is 4.47. The predicted molar refractivity (Wildman–Crippen MR) is 113 cm³/mol. The van der Waals surface area contributed by atoms with Gasteiger partial charge in [0.05, 0.1) is 5.92 Å². The molecule has 1 aromatic heterocycles. The number of hydrogen-bond donors (Lipinski definition) is 1. The Hall–Kier alpha value is -2.50. The van der Waals surface area contributed by atoms with Crippen molar-refractivity contribution in [2.45, 2.75) is 19.4 Å². The van der Waals surface area contributed by atoms with Crippen molar-refractivity contribution in [2.75, 3.05) is 18.4 Å². The molecule has 1 aliphatic rings. The van der Waals surface area contributed by atoms with E-state index in [0.29, 0.717) is 5.69 Å². The van der Waals surface area contributed by atoms with Gasteiger partial charge in [0.2, 0.25) is 5.91 Å². The van der Waals surface area contributed by atoms with Gasteiger partial charge in [0, 0.05) is 23.7 Å². The van der Waals surface area contributed by atoms with E-state index in [0.717, 1.165) is 32.5 Å². The summed E-state index contributed by atoms with van der Waals surface area (Å²) < 4.78 is 13.3. The van der Waals surface area contributed by atoms with Gasteiger partial charge in [-0.15, -0.1) is 11.3 Å². The fraction of sp³-hybridized carbons (Fsp3) is 0.261. The quantitative estimate of drug-likeness (QED) is 0.628. The Morgan fingerprint density at radius 2 is 2.04 bits per heavy atom. The smallest absolute Gasteiger partial charge is 0.228 e. The van der Waals surface area contributed by atoms with E-state index in [1.807, 2.05) is 0 Å². The first-order chi connectivity index (χ1) is 13.7. The number of piperidine rings is 1. The van der Waals surface area contributed by atoms with Crippen LogP contribution in [0.4, 0.5) is 10.1 Å². The zero-order valence-electron chi connectivity index (χ0n) is 15.6. The highest BCUT2D eigenvalue weighted by Gasteiger charge is 2.26. The lowest BCUT2D eigenvalue weighted by Gasteiger charge is -2.32. The molecule has 0 radical (unpaired) electrons. The molecule has 1 amide bonds. The van der Waals surface area contributed by atoms with Crippen LogP contribution in [0.1, 0.15) is 18.4 Å². The molecule has 144 valence electrons. The number of likely N-dealkylation sites (tertiary alicyclic amines) is 1. The zero-order chi connectivity index (χ0) is 19.3. The topological polar surface area (TPSA) is 32.3 Å². The first kappa shape index (κ1) is 18.8. The number of nitrogens with one attached hydrogen (secondary N) is 1. The summed E-state index contributed by atoms with van der Waals surface area (Å²) in [6, 6.07) is 18.9. The number of carbonyl (C=O) groups excluding carboxylic acids is 1. The maximum absolute atomic E-state index is 13.3. The molecular weight excluding hydrogens is 371 g/mol. The third-order valence-electron chi connectivity index (χ3n) is 5.11. The van der Waals surface area contributed by atoms with Gasteiger partial charge < -0.3 is 5.32 Å². The Morgan fingerprint density at radius 1 is 1.14 bits per heavy atom. The summed E-state index contributed by atoms with van der Waals surface area (Å²) in [6.45, 7) is 2.56. The summed E-state index contributed by atoms with van der Waals surface area (Å²) >= 11 is 1.74. The van der Waals surface area contributed by atoms with Gasteiger partial charge in [0.1, 0.15) is 5.82 Å². The molecule has 1 fully saturated rings. The molecule has 1 N–H and O–H groups in total. The van der Waals surface area contributed by atoms with Gasteiger partial charge in [0.25, 0.3) is 0 Å². The van der Waals surface area contributed by atoms with Gasteiger partial charge >= 0.3 is 0 Å². The molecule has 0 spiro atoms. The van der Waals surface area contributed by atoms with Crippen LogP contribution in [0.25, 0.3) is 10.4 Å². The van der Waals surface area contributed by atoms with E-state index in [2.05, 4.69) is 52.0 Å². The van der Waals surface area contributed by atoms with Crippen LogP contribution < -0.4 is 5.32 Å². The van der Waals surface area contributed by atoms with Gasteiger partial charge in [-0.2, -0.15) is 0 Å². The maximum Gasteiger partial charge on any atom is 0.228 e. The van der Waals surface area contributed by atoms with Crippen molar-refractivity contribution in [3.63, 3.8) is 0 Å². The van der Waals surface area contributed by atoms with E-state index in [4.69, 9.17) is 0 Å². The average molecular weight is 395 g/mol. The Kier molecular flexibility index (Phi) is 5.84. The predicted octanol–water partition coefficient (Wildman–Crippen LogP) is 5.40. The van der Waals surface area contributed by atoms with Gasteiger partial charge in [-0.25, -0.2) is 4.39 Å². The molecule has 2 aromatic carbocycles. The van der Waals surface area contributed by atoms with Crippen molar-refractivity contribution in [1.29, 1.82) is 0 Å². The standard InChI is InChI=1S/C23H23FN2OS/c24-20-8-2-9-21(14-20)25-23(27)19-7-3-11-26(16-19)15-17-5-1-6-18(13-17)22-10-4-12-28-22/h1-2,4-6,8-10,12-14,19H,3,7,11,15-16H2,(H,25,27). The summed E-state index contributed by atoms with van der Waals surface area (Å²) in [5.41, 5.74) is 3.02. The van der Waals surface area contributed by atoms with Crippen molar-refractivity contribution in [2.24, 2.45) is 5.92 Å². The third-order valence-corrected chi connectivity index (χ3v) is 6.03. The second-order valence-electron chi connectivity index (χ2n) is 7.25. The molecule has 2 heterocycles. The minimum Gasteiger partial charge on any atom is -0.326 e. The first-order valence-electron chi connectivity index (χ1n) is 9.59. The monoisotopic (exact) mass is 394 g/mol. The van der Waals surface area contributed by atoms with Crippen LogP contribution in [-0.4, -0.2) is 23.9 Å². The molecule has 1 saturated heterocycles. The molecule has 1 aliphatic heterocycles. The van der Waals surface area contributed by atoms with Crippen LogP contribution in [0.3, 0.4) is 0 Å². The van der Waals surface area contributed by atoms with E-state index in [1.165, 1.54) is 28.1 Å². The van der Waals surface area contributed by atoms with Crippen LogP contribution in [0.15, 0.2) is 66.0 Å². The van der Waals surface area contributed by atoms with Crippen LogP contribution in [-0.2, 0) is 11.3 Å². The summed E-state index contributed by atoms with van der Waals surface area (Å²) in [7, 11) is 0. The molecule has 3 nitrogen and oxygen atoms in total. The molecule has 1 atom stereocenters. The second-order valence-corrected chi connectivity index (χ2v) is 8.20. The van der Waals surface area contributed by atoms with Gasteiger partial charge in [-0.05, 0) is 66.2 Å². The molecule has 4 rings (SSSR count). The largest absolute Gasteiger partial charge is 0.326 e. The van der Waals surface area contributed by atoms with E-state index in [9.17, 15) is 9.18 Å². The van der Waals surface area contributed by atoms with Crippen molar-refractivity contribution < 1.29 is 9.18 Å². The molecule has 0 saturated carbocycles. The van der Waals surface area contributed by atoms with Crippen LogP contribution in [0.2, 0.25) is 0 Å². The Morgan fingerprint density at radius 3 is 2.86 bits per heavy atom. The lowest BCUT2D eigenvalue weighted by atomic mass is 9.96. The number of benzene rings is 2. The number of nitrogens with zero attached hydrogens (tertiary/aromatic N) is 1. The summed E-state index contributed by atoms with van der Waals surface area (Å²) in [5.74, 6) is -0.436. The zero-order valence-corrected chi connectivity index (χ0v) is 16.4. The lowest BCUT2D eigenvalue weighted by molar-refractivity contribution is -0.121. The van der Waals surface area contributed by atoms with Crippen molar-refractivity contribution in [3.8, 4) is 10.4 Å². The highest BCUT2D eigenvalue weighted by Crippen LogP contribution is 2.26. The van der Waals surface area contributed by atoms with Gasteiger partial charge in [-0.1, -0.05) is 30.3 Å². The molecule has 28 heavy (non-hydrogen) atoms. The SMILES string of the molecule is O=C(Nc1cccc(F)c1)C1CCCN(Cc2cccc(-c3cccs3)c2)C1. The minimum absolute atomic E-state index is 0.0253. The van der Waals surface area contributed by atoms with E-state index in [1.54, 1.807) is 23.5 Å². The normalized spacial score (nSPS) is 17.4. The van der Waals surface area contributed by atoms with Gasteiger partial charge in [-0.3, -0.25) is 9.69 Å².